The fourth-order valence-corrected chi connectivity index (χ4v) is 3.04. The minimum Gasteiger partial charge on any atom is -0.369 e. The Morgan fingerprint density at radius 3 is 3.17 bits per heavy atom. The summed E-state index contributed by atoms with van der Waals surface area (Å²) in [6, 6.07) is 0. The van der Waals surface area contributed by atoms with Crippen LogP contribution in [0.2, 0.25) is 0 Å². The highest BCUT2D eigenvalue weighted by molar-refractivity contribution is 8.07. The van der Waals surface area contributed by atoms with E-state index in [1.54, 1.807) is 4.57 Å². The fourth-order valence-electron chi connectivity index (χ4n) is 2.40. The van der Waals surface area contributed by atoms with E-state index in [0.717, 1.165) is 0 Å². The van der Waals surface area contributed by atoms with Gasteiger partial charge in [-0.25, -0.2) is 4.98 Å². The predicted octanol–water partition coefficient (Wildman–Crippen LogP) is 0.259. The topological polar surface area (TPSA) is 138 Å². The molecule has 3 rings (SSSR count). The highest BCUT2D eigenvalue weighted by Crippen LogP contribution is 2.43. The van der Waals surface area contributed by atoms with E-state index in [1.165, 1.54) is 13.4 Å². The molecule has 23 heavy (non-hydrogen) atoms. The summed E-state index contributed by atoms with van der Waals surface area (Å²) in [6.45, 7) is -3.07. The van der Waals surface area contributed by atoms with Gasteiger partial charge in [-0.3, -0.25) is 14.3 Å². The molecule has 1 aliphatic rings. The highest BCUT2D eigenvalue weighted by atomic mass is 32.5. The second kappa shape index (κ2) is 6.27. The second-order valence-electron chi connectivity index (χ2n) is 5.01. The third-order valence-corrected chi connectivity index (χ3v) is 5.20. The number of ether oxygens (including phenoxy) is 1. The lowest BCUT2D eigenvalue weighted by Crippen LogP contribution is -2.17. The molecule has 0 saturated carbocycles. The summed E-state index contributed by atoms with van der Waals surface area (Å²) in [4.78, 5) is 31.9. The van der Waals surface area contributed by atoms with Gasteiger partial charge in [0.05, 0.1) is 19.0 Å². The number of nitrogens with two attached hydrogens (primary N) is 1. The highest BCUT2D eigenvalue weighted by Gasteiger charge is 2.30. The first kappa shape index (κ1) is 16.5. The number of hydrogen-bond donors (Lipinski definition) is 3. The van der Waals surface area contributed by atoms with Gasteiger partial charge >= 0.3 is 6.72 Å². The predicted molar refractivity (Wildman–Crippen MR) is 85.2 cm³/mol. The van der Waals surface area contributed by atoms with E-state index in [9.17, 15) is 9.69 Å². The average molecular weight is 361 g/mol. The van der Waals surface area contributed by atoms with Gasteiger partial charge in [0.15, 0.2) is 11.2 Å². The first-order valence-electron chi connectivity index (χ1n) is 6.80. The molecular formula is C11H16N5O5PS. The molecule has 3 heterocycles. The number of fused-ring (bicyclic) bond motifs is 1. The van der Waals surface area contributed by atoms with Gasteiger partial charge in [-0.15, -0.1) is 0 Å². The number of nitrogens with zero attached hydrogens (tertiary/aromatic N) is 3. The largest absolute Gasteiger partial charge is 0.369 e. The molecule has 2 aromatic rings. The van der Waals surface area contributed by atoms with Gasteiger partial charge in [0.25, 0.3) is 5.56 Å². The van der Waals surface area contributed by atoms with Crippen LogP contribution in [0, 0.1) is 0 Å². The van der Waals surface area contributed by atoms with Gasteiger partial charge in [-0.1, -0.05) is 0 Å². The standard InChI is InChI=1S/C11H16N5O5PS/c1-19-22(18,23)20-4-6-2-3-7(21-6)16-5-13-8-9(16)14-11(12)15-10(8)17/h5-7H,2-4H2,1H3,(H,18,23)(H3,12,14,15,17)/t6-,7+,22?/m0/s1. The number of aromatic nitrogens is 4. The summed E-state index contributed by atoms with van der Waals surface area (Å²) >= 11 is 4.77. The number of imidazole rings is 1. The number of nitrogen functional groups attached to an aromatic ring is 1. The van der Waals surface area contributed by atoms with Gasteiger partial charge in [0.1, 0.15) is 6.23 Å². The zero-order valence-corrected chi connectivity index (χ0v) is 13.9. The Morgan fingerprint density at radius 1 is 1.65 bits per heavy atom. The van der Waals surface area contributed by atoms with Crippen LogP contribution in [0.15, 0.2) is 11.1 Å². The third kappa shape index (κ3) is 3.44. The summed E-state index contributed by atoms with van der Waals surface area (Å²) in [5, 5.41) is 0. The monoisotopic (exact) mass is 361 g/mol. The molecule has 0 amide bonds. The number of anilines is 1. The number of nitrogens with one attached hydrogen (secondary N) is 1. The van der Waals surface area contributed by atoms with Gasteiger partial charge in [0.2, 0.25) is 5.95 Å². The molecule has 0 radical (unpaired) electrons. The minimum atomic E-state index is -3.20. The van der Waals surface area contributed by atoms with Crippen LogP contribution < -0.4 is 11.3 Å². The van der Waals surface area contributed by atoms with Crippen LogP contribution in [-0.2, 0) is 25.6 Å². The Morgan fingerprint density at radius 2 is 2.43 bits per heavy atom. The Labute approximate surface area is 135 Å². The Hall–Kier alpha value is -1.36. The van der Waals surface area contributed by atoms with Crippen molar-refractivity contribution >= 4 is 35.6 Å². The van der Waals surface area contributed by atoms with Crippen LogP contribution in [0.5, 0.6) is 0 Å². The van der Waals surface area contributed by atoms with Crippen molar-refractivity contribution in [3.8, 4) is 0 Å². The number of H-pyrrole nitrogens is 1. The summed E-state index contributed by atoms with van der Waals surface area (Å²) in [5.41, 5.74) is 5.74. The van der Waals surface area contributed by atoms with Crippen molar-refractivity contribution in [2.24, 2.45) is 0 Å². The van der Waals surface area contributed by atoms with Crippen molar-refractivity contribution < 1.29 is 18.7 Å². The Kier molecular flexibility index (Phi) is 4.50. The van der Waals surface area contributed by atoms with E-state index >= 15 is 0 Å². The van der Waals surface area contributed by atoms with Crippen LogP contribution in [0.3, 0.4) is 0 Å². The van der Waals surface area contributed by atoms with E-state index in [-0.39, 0.29) is 30.4 Å². The first-order valence-corrected chi connectivity index (χ1v) is 9.39. The van der Waals surface area contributed by atoms with Crippen molar-refractivity contribution in [1.82, 2.24) is 19.5 Å². The maximum Gasteiger partial charge on any atom is 0.324 e. The summed E-state index contributed by atoms with van der Waals surface area (Å²) < 4.78 is 17.4. The zero-order valence-electron chi connectivity index (χ0n) is 12.2. The van der Waals surface area contributed by atoms with Crippen molar-refractivity contribution in [3.05, 3.63) is 16.7 Å². The van der Waals surface area contributed by atoms with Gasteiger partial charge in [-0.2, -0.15) is 4.98 Å². The van der Waals surface area contributed by atoms with E-state index in [1.807, 2.05) is 0 Å². The number of aromatic amines is 1. The molecule has 2 aromatic heterocycles. The SMILES string of the molecule is COP(O)(=S)OC[C@@H]1CC[C@H](n2cnc3c(=O)[nH]c(N)nc32)O1. The van der Waals surface area contributed by atoms with Crippen LogP contribution >= 0.6 is 6.72 Å². The van der Waals surface area contributed by atoms with E-state index < -0.39 is 12.3 Å². The molecule has 1 fully saturated rings. The van der Waals surface area contributed by atoms with Crippen molar-refractivity contribution in [2.45, 2.75) is 25.2 Å². The smallest absolute Gasteiger partial charge is 0.324 e. The molecule has 1 unspecified atom stereocenters. The van der Waals surface area contributed by atoms with Gasteiger partial charge in [-0.05, 0) is 24.6 Å². The molecule has 4 N–H and O–H groups in total. The minimum absolute atomic E-state index is 0.0168. The zero-order chi connectivity index (χ0) is 16.6. The molecule has 10 nitrogen and oxygen atoms in total. The molecule has 0 aromatic carbocycles. The molecule has 0 aliphatic carbocycles. The fraction of sp³-hybridized carbons (Fsp3) is 0.545. The third-order valence-electron chi connectivity index (χ3n) is 3.50. The van der Waals surface area contributed by atoms with Crippen molar-refractivity contribution in [3.63, 3.8) is 0 Å². The van der Waals surface area contributed by atoms with E-state index in [0.29, 0.717) is 18.5 Å². The van der Waals surface area contributed by atoms with Crippen molar-refractivity contribution in [2.75, 3.05) is 19.5 Å². The lowest BCUT2D eigenvalue weighted by atomic mass is 10.2. The lowest BCUT2D eigenvalue weighted by molar-refractivity contribution is -0.0184. The van der Waals surface area contributed by atoms with Crippen LogP contribution in [0.25, 0.3) is 11.2 Å². The molecule has 12 heteroatoms. The Bertz CT molecular complexity index is 823. The second-order valence-corrected chi connectivity index (χ2v) is 7.96. The molecular weight excluding hydrogens is 345 g/mol. The summed E-state index contributed by atoms with van der Waals surface area (Å²) in [7, 11) is 1.30. The molecule has 0 spiro atoms. The maximum absolute atomic E-state index is 11.8. The average Bonchev–Trinajstić information content (AvgIpc) is 3.11. The quantitative estimate of drug-likeness (QED) is 0.640. The van der Waals surface area contributed by atoms with Crippen molar-refractivity contribution in [1.29, 1.82) is 0 Å². The van der Waals surface area contributed by atoms with Gasteiger partial charge in [0, 0.05) is 7.11 Å². The van der Waals surface area contributed by atoms with Crippen LogP contribution in [0.1, 0.15) is 19.1 Å². The van der Waals surface area contributed by atoms with Crippen LogP contribution in [-0.4, -0.2) is 44.2 Å². The summed E-state index contributed by atoms with van der Waals surface area (Å²) in [6.07, 6.45) is 2.27. The van der Waals surface area contributed by atoms with Gasteiger partial charge < -0.3 is 24.4 Å². The van der Waals surface area contributed by atoms with E-state index in [2.05, 4.69) is 15.0 Å². The first-order chi connectivity index (χ1) is 10.9. The maximum atomic E-state index is 11.8. The molecule has 126 valence electrons. The van der Waals surface area contributed by atoms with Crippen LogP contribution in [0.4, 0.5) is 5.95 Å². The normalized spacial score (nSPS) is 24.1. The molecule has 0 bridgehead atoms. The number of hydrogen-bond acceptors (Lipinski definition) is 8. The lowest BCUT2D eigenvalue weighted by Gasteiger charge is -2.18. The van der Waals surface area contributed by atoms with E-state index in [4.69, 9.17) is 31.3 Å². The molecule has 1 aliphatic heterocycles. The molecule has 1 saturated heterocycles. The number of rotatable bonds is 5. The Balaban J connectivity index is 1.75. The molecule has 3 atom stereocenters. The summed E-state index contributed by atoms with van der Waals surface area (Å²) in [5.74, 6) is 0.0168.